The molecule has 1 atom stereocenters. The van der Waals surface area contributed by atoms with Gasteiger partial charge in [0.2, 0.25) is 5.75 Å². The molecule has 0 bridgehead atoms. The molecule has 2 N–H and O–H groups in total. The van der Waals surface area contributed by atoms with E-state index in [9.17, 15) is 0 Å². The molecule has 1 unspecified atom stereocenters. The van der Waals surface area contributed by atoms with E-state index in [1.165, 1.54) is 0 Å². The third kappa shape index (κ3) is 5.75. The van der Waals surface area contributed by atoms with Crippen molar-refractivity contribution in [2.75, 3.05) is 44.9 Å². The number of hydrogen-bond donors (Lipinski definition) is 2. The van der Waals surface area contributed by atoms with Gasteiger partial charge in [-0.2, -0.15) is 0 Å². The van der Waals surface area contributed by atoms with Crippen LogP contribution in [0.15, 0.2) is 6.33 Å². The summed E-state index contributed by atoms with van der Waals surface area (Å²) in [6.45, 7) is 8.22. The summed E-state index contributed by atoms with van der Waals surface area (Å²) in [5.41, 5.74) is 0. The monoisotopic (exact) mass is 295 g/mol. The van der Waals surface area contributed by atoms with Gasteiger partial charge in [-0.25, -0.2) is 9.97 Å². The van der Waals surface area contributed by atoms with E-state index >= 15 is 0 Å². The number of nitrogens with zero attached hydrogens (tertiary/aromatic N) is 3. The zero-order valence-electron chi connectivity index (χ0n) is 14.1. The summed E-state index contributed by atoms with van der Waals surface area (Å²) in [5.74, 6) is 2.76. The highest BCUT2D eigenvalue weighted by Crippen LogP contribution is 2.29. The topological polar surface area (TPSA) is 62.3 Å². The lowest BCUT2D eigenvalue weighted by atomic mass is 10.0. The predicted molar refractivity (Wildman–Crippen MR) is 88.2 cm³/mol. The summed E-state index contributed by atoms with van der Waals surface area (Å²) in [6, 6.07) is 0.318. The van der Waals surface area contributed by atoms with Crippen LogP contribution in [0.3, 0.4) is 0 Å². The van der Waals surface area contributed by atoms with Crippen LogP contribution in [0.4, 0.5) is 11.6 Å². The first-order valence-corrected chi connectivity index (χ1v) is 7.52. The fraction of sp³-hybridized carbons (Fsp3) is 0.733. The highest BCUT2D eigenvalue weighted by molar-refractivity contribution is 5.63. The van der Waals surface area contributed by atoms with Crippen molar-refractivity contribution >= 4 is 11.6 Å². The maximum Gasteiger partial charge on any atom is 0.204 e. The van der Waals surface area contributed by atoms with E-state index in [4.69, 9.17) is 4.74 Å². The number of ether oxygens (including phenoxy) is 1. The lowest BCUT2D eigenvalue weighted by Gasteiger charge is -2.25. The number of aromatic nitrogens is 2. The number of likely N-dealkylation sites (N-methyl/N-ethyl adjacent to an activating group) is 1. The molecule has 0 aliphatic heterocycles. The Morgan fingerprint density at radius 2 is 1.90 bits per heavy atom. The second-order valence-corrected chi connectivity index (χ2v) is 5.87. The highest BCUT2D eigenvalue weighted by Gasteiger charge is 2.17. The summed E-state index contributed by atoms with van der Waals surface area (Å²) >= 11 is 0. The molecule has 0 spiro atoms. The summed E-state index contributed by atoms with van der Waals surface area (Å²) in [4.78, 5) is 10.8. The third-order valence-electron chi connectivity index (χ3n) is 3.03. The maximum absolute atomic E-state index is 5.48. The van der Waals surface area contributed by atoms with Crippen molar-refractivity contribution in [1.82, 2.24) is 14.9 Å². The second kappa shape index (κ2) is 8.67. The molecule has 0 amide bonds. The van der Waals surface area contributed by atoms with Gasteiger partial charge in [-0.3, -0.25) is 0 Å². The van der Waals surface area contributed by atoms with Gasteiger partial charge >= 0.3 is 0 Å². The standard InChI is InChI=1S/C15H29N5O/c1-7-16-14-13(21-6)15(18-10-17-14)19-12(8-11(2)3)9-20(4)5/h10-12H,7-9H2,1-6H3,(H2,16,17,18,19). The fourth-order valence-corrected chi connectivity index (χ4v) is 2.35. The number of anilines is 2. The molecule has 6 nitrogen and oxygen atoms in total. The molecular formula is C15H29N5O. The van der Waals surface area contributed by atoms with Crippen molar-refractivity contribution in [1.29, 1.82) is 0 Å². The molecule has 6 heteroatoms. The first-order chi connectivity index (χ1) is 9.97. The SMILES string of the molecule is CCNc1ncnc(NC(CC(C)C)CN(C)C)c1OC. The molecule has 0 aromatic carbocycles. The first-order valence-electron chi connectivity index (χ1n) is 7.52. The van der Waals surface area contributed by atoms with Gasteiger partial charge in [0.15, 0.2) is 11.6 Å². The van der Waals surface area contributed by atoms with Gasteiger partial charge in [-0.05, 0) is 33.4 Å². The molecular weight excluding hydrogens is 266 g/mol. The molecule has 21 heavy (non-hydrogen) atoms. The summed E-state index contributed by atoms with van der Waals surface area (Å²) < 4.78 is 5.48. The van der Waals surface area contributed by atoms with Crippen molar-refractivity contribution < 1.29 is 4.74 Å². The van der Waals surface area contributed by atoms with Gasteiger partial charge in [0, 0.05) is 19.1 Å². The maximum atomic E-state index is 5.48. The minimum Gasteiger partial charge on any atom is -0.490 e. The molecule has 0 saturated carbocycles. The van der Waals surface area contributed by atoms with E-state index in [2.05, 4.69) is 53.4 Å². The average molecular weight is 295 g/mol. The Morgan fingerprint density at radius 1 is 1.24 bits per heavy atom. The lowest BCUT2D eigenvalue weighted by molar-refractivity contribution is 0.354. The van der Waals surface area contributed by atoms with E-state index in [-0.39, 0.29) is 0 Å². The molecule has 1 aromatic rings. The van der Waals surface area contributed by atoms with Crippen molar-refractivity contribution in [3.63, 3.8) is 0 Å². The Morgan fingerprint density at radius 3 is 2.43 bits per heavy atom. The molecule has 0 aliphatic rings. The van der Waals surface area contributed by atoms with Gasteiger partial charge < -0.3 is 20.3 Å². The molecule has 0 aliphatic carbocycles. The Hall–Kier alpha value is -1.56. The van der Waals surface area contributed by atoms with Gasteiger partial charge in [-0.15, -0.1) is 0 Å². The molecule has 1 heterocycles. The molecule has 0 saturated heterocycles. The van der Waals surface area contributed by atoms with E-state index in [0.29, 0.717) is 17.7 Å². The van der Waals surface area contributed by atoms with Gasteiger partial charge in [0.1, 0.15) is 6.33 Å². The summed E-state index contributed by atoms with van der Waals surface area (Å²) in [5, 5.41) is 6.70. The number of hydrogen-bond acceptors (Lipinski definition) is 6. The minimum absolute atomic E-state index is 0.318. The Labute approximate surface area is 128 Å². The van der Waals surface area contributed by atoms with Crippen molar-refractivity contribution in [3.8, 4) is 5.75 Å². The van der Waals surface area contributed by atoms with Crippen LogP contribution < -0.4 is 15.4 Å². The van der Waals surface area contributed by atoms with Crippen LogP contribution in [0.25, 0.3) is 0 Å². The second-order valence-electron chi connectivity index (χ2n) is 5.87. The Bertz CT molecular complexity index is 413. The van der Waals surface area contributed by atoms with Crippen LogP contribution in [0.2, 0.25) is 0 Å². The Balaban J connectivity index is 2.93. The summed E-state index contributed by atoms with van der Waals surface area (Å²) in [7, 11) is 5.81. The first kappa shape index (κ1) is 17.5. The third-order valence-corrected chi connectivity index (χ3v) is 3.03. The molecule has 1 aromatic heterocycles. The average Bonchev–Trinajstić information content (AvgIpc) is 2.37. The molecule has 120 valence electrons. The van der Waals surface area contributed by atoms with Gasteiger partial charge in [0.25, 0.3) is 0 Å². The fourth-order valence-electron chi connectivity index (χ4n) is 2.35. The van der Waals surface area contributed by atoms with Crippen molar-refractivity contribution in [2.24, 2.45) is 5.92 Å². The molecule has 0 fully saturated rings. The minimum atomic E-state index is 0.318. The van der Waals surface area contributed by atoms with Crippen LogP contribution in [0, 0.1) is 5.92 Å². The van der Waals surface area contributed by atoms with Crippen LogP contribution in [0.5, 0.6) is 5.75 Å². The van der Waals surface area contributed by atoms with Gasteiger partial charge in [0.05, 0.1) is 7.11 Å². The zero-order valence-corrected chi connectivity index (χ0v) is 14.1. The predicted octanol–water partition coefficient (Wildman–Crippen LogP) is 2.31. The van der Waals surface area contributed by atoms with E-state index in [1.807, 2.05) is 6.92 Å². The Kier molecular flexibility index (Phi) is 7.22. The van der Waals surface area contributed by atoms with Gasteiger partial charge in [-0.1, -0.05) is 13.8 Å². The van der Waals surface area contributed by atoms with Crippen LogP contribution in [-0.4, -0.2) is 55.2 Å². The van der Waals surface area contributed by atoms with Crippen LogP contribution >= 0.6 is 0 Å². The molecule has 0 radical (unpaired) electrons. The molecule has 1 rings (SSSR count). The zero-order chi connectivity index (χ0) is 15.8. The largest absolute Gasteiger partial charge is 0.490 e. The van der Waals surface area contributed by atoms with Crippen LogP contribution in [0.1, 0.15) is 27.2 Å². The van der Waals surface area contributed by atoms with E-state index < -0.39 is 0 Å². The van der Waals surface area contributed by atoms with E-state index in [0.717, 1.165) is 31.1 Å². The summed E-state index contributed by atoms with van der Waals surface area (Å²) in [6.07, 6.45) is 2.63. The van der Waals surface area contributed by atoms with Crippen molar-refractivity contribution in [3.05, 3.63) is 6.33 Å². The lowest BCUT2D eigenvalue weighted by Crippen LogP contribution is -2.34. The normalized spacial score (nSPS) is 12.6. The smallest absolute Gasteiger partial charge is 0.204 e. The number of methoxy groups -OCH3 is 1. The van der Waals surface area contributed by atoms with Crippen LogP contribution in [-0.2, 0) is 0 Å². The van der Waals surface area contributed by atoms with E-state index in [1.54, 1.807) is 13.4 Å². The number of rotatable bonds is 9. The number of nitrogens with one attached hydrogen (secondary N) is 2. The quantitative estimate of drug-likeness (QED) is 0.729. The van der Waals surface area contributed by atoms with Crippen molar-refractivity contribution in [2.45, 2.75) is 33.2 Å². The highest BCUT2D eigenvalue weighted by atomic mass is 16.5.